The highest BCUT2D eigenvalue weighted by atomic mass is 35.5. The van der Waals surface area contributed by atoms with Crippen LogP contribution in [0.3, 0.4) is 0 Å². The summed E-state index contributed by atoms with van der Waals surface area (Å²) in [4.78, 5) is 16.4. The van der Waals surface area contributed by atoms with Crippen LogP contribution in [-0.2, 0) is 5.41 Å². The maximum atomic E-state index is 11.8. The third kappa shape index (κ3) is 2.60. The van der Waals surface area contributed by atoms with Gasteiger partial charge in [0.15, 0.2) is 5.78 Å². The Morgan fingerprint density at radius 2 is 1.84 bits per heavy atom. The van der Waals surface area contributed by atoms with Gasteiger partial charge >= 0.3 is 0 Å². The number of fused-ring (bicyclic) bond motifs is 1. The predicted molar refractivity (Wildman–Crippen MR) is 80.5 cm³/mol. The molecular weight excluding hydrogens is 281 g/mol. The van der Waals surface area contributed by atoms with Crippen molar-refractivity contribution in [3.05, 3.63) is 39.5 Å². The first-order valence-corrected chi connectivity index (χ1v) is 6.77. The molecule has 0 amide bonds. The lowest BCUT2D eigenvalue weighted by Gasteiger charge is -2.20. The van der Waals surface area contributed by atoms with E-state index in [-0.39, 0.29) is 11.2 Å². The van der Waals surface area contributed by atoms with E-state index in [2.05, 4.69) is 4.98 Å². The number of Topliss-reactive ketones (excluding diaryl/α,β-unsaturated/α-hetero) is 1. The SMILES string of the molecule is CC(=O)c1cc(C(C)(C)C)nc2c(Cl)c(Cl)ccc12. The summed E-state index contributed by atoms with van der Waals surface area (Å²) in [6.45, 7) is 7.68. The van der Waals surface area contributed by atoms with Crippen molar-refractivity contribution >= 4 is 39.9 Å². The highest BCUT2D eigenvalue weighted by molar-refractivity contribution is 6.45. The molecule has 19 heavy (non-hydrogen) atoms. The zero-order valence-electron chi connectivity index (χ0n) is 11.3. The number of ketones is 1. The fourth-order valence-electron chi connectivity index (χ4n) is 1.91. The van der Waals surface area contributed by atoms with Crippen molar-refractivity contribution in [1.29, 1.82) is 0 Å². The fourth-order valence-corrected chi connectivity index (χ4v) is 2.27. The Kier molecular flexibility index (Phi) is 3.59. The second-order valence-corrected chi connectivity index (χ2v) is 6.40. The molecule has 0 N–H and O–H groups in total. The van der Waals surface area contributed by atoms with E-state index in [9.17, 15) is 4.79 Å². The quantitative estimate of drug-likeness (QED) is 0.690. The van der Waals surface area contributed by atoms with E-state index in [0.29, 0.717) is 21.1 Å². The number of hydrogen-bond donors (Lipinski definition) is 0. The van der Waals surface area contributed by atoms with Crippen molar-refractivity contribution in [3.8, 4) is 0 Å². The van der Waals surface area contributed by atoms with Crippen molar-refractivity contribution in [2.45, 2.75) is 33.1 Å². The molecule has 0 saturated carbocycles. The van der Waals surface area contributed by atoms with Crippen LogP contribution < -0.4 is 0 Å². The van der Waals surface area contributed by atoms with E-state index >= 15 is 0 Å². The number of carbonyl (C=O) groups excluding carboxylic acids is 1. The minimum Gasteiger partial charge on any atom is -0.294 e. The molecule has 100 valence electrons. The molecule has 0 radical (unpaired) electrons. The van der Waals surface area contributed by atoms with Crippen molar-refractivity contribution < 1.29 is 4.79 Å². The van der Waals surface area contributed by atoms with E-state index in [1.807, 2.05) is 26.8 Å². The van der Waals surface area contributed by atoms with Gasteiger partial charge in [-0.1, -0.05) is 50.0 Å². The van der Waals surface area contributed by atoms with Crippen molar-refractivity contribution in [2.75, 3.05) is 0 Å². The Bertz CT molecular complexity index is 672. The molecule has 1 heterocycles. The van der Waals surface area contributed by atoms with Crippen LogP contribution in [0.15, 0.2) is 18.2 Å². The monoisotopic (exact) mass is 295 g/mol. The number of aromatic nitrogens is 1. The molecule has 0 aliphatic carbocycles. The first kappa shape index (κ1) is 14.3. The van der Waals surface area contributed by atoms with Crippen LogP contribution in [0.4, 0.5) is 0 Å². The number of pyridine rings is 1. The van der Waals surface area contributed by atoms with Crippen LogP contribution in [0.1, 0.15) is 43.7 Å². The van der Waals surface area contributed by atoms with Gasteiger partial charge in [-0.15, -0.1) is 0 Å². The number of nitrogens with zero attached hydrogens (tertiary/aromatic N) is 1. The molecule has 0 aliphatic heterocycles. The van der Waals surface area contributed by atoms with Gasteiger partial charge in [-0.05, 0) is 19.1 Å². The zero-order valence-corrected chi connectivity index (χ0v) is 12.9. The Labute approximate surface area is 122 Å². The van der Waals surface area contributed by atoms with Crippen LogP contribution in [0.2, 0.25) is 10.0 Å². The van der Waals surface area contributed by atoms with Crippen LogP contribution in [0.25, 0.3) is 10.9 Å². The first-order valence-electron chi connectivity index (χ1n) is 6.02. The van der Waals surface area contributed by atoms with E-state index in [4.69, 9.17) is 23.2 Å². The fraction of sp³-hybridized carbons (Fsp3) is 0.333. The summed E-state index contributed by atoms with van der Waals surface area (Å²) in [6.07, 6.45) is 0. The maximum Gasteiger partial charge on any atom is 0.160 e. The van der Waals surface area contributed by atoms with Crippen LogP contribution in [-0.4, -0.2) is 10.8 Å². The minimum absolute atomic E-state index is 0.00344. The molecule has 0 unspecified atom stereocenters. The molecule has 0 bridgehead atoms. The van der Waals surface area contributed by atoms with Crippen molar-refractivity contribution in [2.24, 2.45) is 0 Å². The van der Waals surface area contributed by atoms with Crippen LogP contribution >= 0.6 is 23.2 Å². The summed E-state index contributed by atoms with van der Waals surface area (Å²) in [5, 5.41) is 1.59. The third-order valence-corrected chi connectivity index (χ3v) is 3.81. The summed E-state index contributed by atoms with van der Waals surface area (Å²) in [6, 6.07) is 5.33. The molecule has 4 heteroatoms. The van der Waals surface area contributed by atoms with Crippen molar-refractivity contribution in [1.82, 2.24) is 4.98 Å². The van der Waals surface area contributed by atoms with Gasteiger partial charge in [-0.25, -0.2) is 0 Å². The molecule has 2 aromatic rings. The Morgan fingerprint density at radius 3 is 2.37 bits per heavy atom. The summed E-state index contributed by atoms with van der Waals surface area (Å²) in [5.74, 6) is -0.00344. The number of carbonyl (C=O) groups is 1. The molecule has 1 aromatic carbocycles. The molecule has 0 spiro atoms. The van der Waals surface area contributed by atoms with Crippen LogP contribution in [0.5, 0.6) is 0 Å². The standard InChI is InChI=1S/C15H15Cl2NO/c1-8(19)10-7-12(15(2,3)4)18-14-9(10)5-6-11(16)13(14)17/h5-7H,1-4H3. The summed E-state index contributed by atoms with van der Waals surface area (Å²) >= 11 is 12.2. The van der Waals surface area contributed by atoms with Gasteiger partial charge in [0.25, 0.3) is 0 Å². The number of benzene rings is 1. The van der Waals surface area contributed by atoms with Gasteiger partial charge in [0.1, 0.15) is 0 Å². The van der Waals surface area contributed by atoms with Crippen LogP contribution in [0, 0.1) is 0 Å². The molecular formula is C15H15Cl2NO. The van der Waals surface area contributed by atoms with Gasteiger partial charge in [-0.3, -0.25) is 9.78 Å². The molecule has 2 nitrogen and oxygen atoms in total. The third-order valence-electron chi connectivity index (χ3n) is 3.02. The summed E-state index contributed by atoms with van der Waals surface area (Å²) in [7, 11) is 0. The highest BCUT2D eigenvalue weighted by Crippen LogP contribution is 2.34. The summed E-state index contributed by atoms with van der Waals surface area (Å²) < 4.78 is 0. The van der Waals surface area contributed by atoms with E-state index in [1.165, 1.54) is 0 Å². The summed E-state index contributed by atoms with van der Waals surface area (Å²) in [5.41, 5.74) is 1.89. The number of hydrogen-bond acceptors (Lipinski definition) is 2. The van der Waals surface area contributed by atoms with E-state index < -0.39 is 0 Å². The Morgan fingerprint density at radius 1 is 1.21 bits per heavy atom. The topological polar surface area (TPSA) is 30.0 Å². The maximum absolute atomic E-state index is 11.8. The Hall–Kier alpha value is -1.12. The largest absolute Gasteiger partial charge is 0.294 e. The second-order valence-electron chi connectivity index (χ2n) is 5.62. The van der Waals surface area contributed by atoms with Gasteiger partial charge in [-0.2, -0.15) is 0 Å². The molecule has 2 rings (SSSR count). The molecule has 0 atom stereocenters. The normalized spacial score (nSPS) is 11.9. The molecule has 1 aromatic heterocycles. The highest BCUT2D eigenvalue weighted by Gasteiger charge is 2.20. The average Bonchev–Trinajstić information content (AvgIpc) is 2.31. The van der Waals surface area contributed by atoms with E-state index in [1.54, 1.807) is 19.1 Å². The molecule has 0 saturated heterocycles. The average molecular weight is 296 g/mol. The predicted octanol–water partition coefficient (Wildman–Crippen LogP) is 5.04. The van der Waals surface area contributed by atoms with Gasteiger partial charge in [0.05, 0.1) is 15.6 Å². The number of halogens is 2. The minimum atomic E-state index is -0.163. The lowest BCUT2D eigenvalue weighted by atomic mass is 9.89. The molecule has 0 aliphatic rings. The van der Waals surface area contributed by atoms with Gasteiger partial charge in [0.2, 0.25) is 0 Å². The van der Waals surface area contributed by atoms with E-state index in [0.717, 1.165) is 11.1 Å². The van der Waals surface area contributed by atoms with Gasteiger partial charge < -0.3 is 0 Å². The molecule has 0 fully saturated rings. The lowest BCUT2D eigenvalue weighted by molar-refractivity contribution is 0.101. The Balaban J connectivity index is 2.92. The lowest BCUT2D eigenvalue weighted by Crippen LogP contribution is -2.15. The second kappa shape index (κ2) is 4.77. The van der Waals surface area contributed by atoms with Gasteiger partial charge in [0, 0.05) is 22.1 Å². The first-order chi connectivity index (χ1) is 8.71. The number of rotatable bonds is 1. The smallest absolute Gasteiger partial charge is 0.160 e. The van der Waals surface area contributed by atoms with Crippen molar-refractivity contribution in [3.63, 3.8) is 0 Å². The zero-order chi connectivity index (χ0) is 14.4.